The van der Waals surface area contributed by atoms with E-state index in [-0.39, 0.29) is 5.91 Å². The topological polar surface area (TPSA) is 62.7 Å². The summed E-state index contributed by atoms with van der Waals surface area (Å²) in [7, 11) is 0. The minimum Gasteiger partial charge on any atom is -0.325 e. The molecule has 1 amide bonds. The van der Waals surface area contributed by atoms with Crippen LogP contribution in [0, 0.1) is 0 Å². The van der Waals surface area contributed by atoms with Gasteiger partial charge < -0.3 is 9.88 Å². The number of H-pyrrole nitrogens is 1. The summed E-state index contributed by atoms with van der Waals surface area (Å²) in [6.45, 7) is 0.579. The molecular weight excluding hydrogens is 311 g/mol. The molecule has 0 atom stereocenters. The predicted molar refractivity (Wildman–Crippen MR) is 82.8 cm³/mol. The molecule has 3 aromatic rings. The summed E-state index contributed by atoms with van der Waals surface area (Å²) >= 11 is 12.5. The number of anilines is 1. The van der Waals surface area contributed by atoms with Crippen LogP contribution in [0.3, 0.4) is 0 Å². The summed E-state index contributed by atoms with van der Waals surface area (Å²) in [5.41, 5.74) is 2.65. The quantitative estimate of drug-likeness (QED) is 0.718. The number of fused-ring (bicyclic) bond motifs is 3. The van der Waals surface area contributed by atoms with Crippen molar-refractivity contribution in [2.45, 2.75) is 13.0 Å². The SMILES string of the molecule is O=C1CCn2c(c(-c3cn[nH]c3)c3ccc(Cl)c(Cl)c32)N1. The molecule has 21 heavy (non-hydrogen) atoms. The first kappa shape index (κ1) is 12.7. The number of aromatic amines is 1. The summed E-state index contributed by atoms with van der Waals surface area (Å²) in [6, 6.07) is 3.69. The lowest BCUT2D eigenvalue weighted by molar-refractivity contribution is -0.116. The van der Waals surface area contributed by atoms with Gasteiger partial charge in [0, 0.05) is 35.7 Å². The number of hydrogen-bond acceptors (Lipinski definition) is 2. The fourth-order valence-corrected chi connectivity index (χ4v) is 3.24. The summed E-state index contributed by atoms with van der Waals surface area (Å²) in [5.74, 6) is 0.740. The predicted octanol–water partition coefficient (Wildman–Crippen LogP) is 3.68. The number of amides is 1. The molecule has 0 unspecified atom stereocenters. The number of carbonyl (C=O) groups is 1. The van der Waals surface area contributed by atoms with Gasteiger partial charge in [0.25, 0.3) is 0 Å². The summed E-state index contributed by atoms with van der Waals surface area (Å²) in [6.07, 6.45) is 3.93. The maximum absolute atomic E-state index is 11.8. The second-order valence-corrected chi connectivity index (χ2v) is 5.70. The number of halogens is 2. The van der Waals surface area contributed by atoms with E-state index in [1.165, 1.54) is 0 Å². The number of aromatic nitrogens is 3. The Hall–Kier alpha value is -1.98. The van der Waals surface area contributed by atoms with Crippen LogP contribution < -0.4 is 5.32 Å². The number of benzene rings is 1. The number of rotatable bonds is 1. The number of carbonyl (C=O) groups excluding carboxylic acids is 1. The Bertz CT molecular complexity index is 867. The Morgan fingerprint density at radius 3 is 2.90 bits per heavy atom. The zero-order chi connectivity index (χ0) is 14.6. The van der Waals surface area contributed by atoms with Crippen LogP contribution in [0.5, 0.6) is 0 Å². The van der Waals surface area contributed by atoms with Crippen molar-refractivity contribution in [1.29, 1.82) is 0 Å². The second-order valence-electron chi connectivity index (χ2n) is 4.92. The maximum atomic E-state index is 11.8. The molecule has 106 valence electrons. The molecular formula is C14H10Cl2N4O. The van der Waals surface area contributed by atoms with E-state index in [0.29, 0.717) is 23.0 Å². The van der Waals surface area contributed by atoms with Crippen LogP contribution in [0.4, 0.5) is 5.82 Å². The van der Waals surface area contributed by atoms with Gasteiger partial charge in [0.1, 0.15) is 5.82 Å². The van der Waals surface area contributed by atoms with Gasteiger partial charge >= 0.3 is 0 Å². The normalized spacial score (nSPS) is 14.3. The van der Waals surface area contributed by atoms with Gasteiger partial charge in [0.05, 0.1) is 21.8 Å². The minimum atomic E-state index is -0.00253. The molecule has 2 N–H and O–H groups in total. The smallest absolute Gasteiger partial charge is 0.227 e. The summed E-state index contributed by atoms with van der Waals surface area (Å²) in [5, 5.41) is 11.7. The number of hydrogen-bond donors (Lipinski definition) is 2. The Morgan fingerprint density at radius 2 is 2.14 bits per heavy atom. The fourth-order valence-electron chi connectivity index (χ4n) is 2.82. The van der Waals surface area contributed by atoms with E-state index in [0.717, 1.165) is 27.8 Å². The molecule has 1 aromatic carbocycles. The van der Waals surface area contributed by atoms with Crippen LogP contribution in [0.1, 0.15) is 6.42 Å². The van der Waals surface area contributed by atoms with E-state index in [4.69, 9.17) is 23.2 Å². The molecule has 0 bridgehead atoms. The molecule has 4 rings (SSSR count). The maximum Gasteiger partial charge on any atom is 0.227 e. The van der Waals surface area contributed by atoms with Crippen LogP contribution in [-0.2, 0) is 11.3 Å². The largest absolute Gasteiger partial charge is 0.325 e. The number of nitrogens with one attached hydrogen (secondary N) is 2. The van der Waals surface area contributed by atoms with Crippen molar-refractivity contribution in [3.63, 3.8) is 0 Å². The third-order valence-corrected chi connectivity index (χ3v) is 4.52. The molecule has 0 radical (unpaired) electrons. The van der Waals surface area contributed by atoms with Crippen molar-refractivity contribution in [3.8, 4) is 11.1 Å². The first-order chi connectivity index (χ1) is 10.2. The zero-order valence-corrected chi connectivity index (χ0v) is 12.3. The third-order valence-electron chi connectivity index (χ3n) is 3.72. The monoisotopic (exact) mass is 320 g/mol. The average Bonchev–Trinajstić information content (AvgIpc) is 3.07. The van der Waals surface area contributed by atoms with E-state index in [2.05, 4.69) is 15.5 Å². The van der Waals surface area contributed by atoms with Crippen LogP contribution in [0.15, 0.2) is 24.5 Å². The Labute approximate surface area is 129 Å². The van der Waals surface area contributed by atoms with E-state index in [1.807, 2.05) is 10.6 Å². The minimum absolute atomic E-state index is 0.00253. The van der Waals surface area contributed by atoms with Crippen LogP contribution in [-0.4, -0.2) is 20.7 Å². The zero-order valence-electron chi connectivity index (χ0n) is 10.8. The van der Waals surface area contributed by atoms with Crippen molar-refractivity contribution in [1.82, 2.24) is 14.8 Å². The molecule has 1 aliphatic heterocycles. The molecule has 2 aromatic heterocycles. The standard InChI is InChI=1S/C14H10Cl2N4O/c15-9-2-1-8-11(7-5-17-18-6-7)14-19-10(21)3-4-20(14)13(8)12(9)16/h1-2,5-6H,3-4H2,(H,17,18)(H,19,21). The molecule has 1 aliphatic rings. The number of aryl methyl sites for hydroxylation is 1. The van der Waals surface area contributed by atoms with Gasteiger partial charge in [0.15, 0.2) is 0 Å². The summed E-state index contributed by atoms with van der Waals surface area (Å²) < 4.78 is 2.01. The van der Waals surface area contributed by atoms with Crippen molar-refractivity contribution >= 4 is 45.8 Å². The lowest BCUT2D eigenvalue weighted by atomic mass is 10.1. The first-order valence-corrected chi connectivity index (χ1v) is 7.21. The average molecular weight is 321 g/mol. The van der Waals surface area contributed by atoms with Gasteiger partial charge in [-0.3, -0.25) is 9.89 Å². The number of nitrogens with zero attached hydrogens (tertiary/aromatic N) is 2. The Balaban J connectivity index is 2.15. The van der Waals surface area contributed by atoms with Crippen molar-refractivity contribution in [2.24, 2.45) is 0 Å². The highest BCUT2D eigenvalue weighted by atomic mass is 35.5. The Morgan fingerprint density at radius 1 is 1.29 bits per heavy atom. The summed E-state index contributed by atoms with van der Waals surface area (Å²) in [4.78, 5) is 11.8. The third kappa shape index (κ3) is 1.78. The highest BCUT2D eigenvalue weighted by molar-refractivity contribution is 6.45. The first-order valence-electron chi connectivity index (χ1n) is 6.46. The lowest BCUT2D eigenvalue weighted by Gasteiger charge is -2.18. The van der Waals surface area contributed by atoms with Crippen LogP contribution in [0.25, 0.3) is 22.0 Å². The van der Waals surface area contributed by atoms with Gasteiger partial charge in [0.2, 0.25) is 5.91 Å². The van der Waals surface area contributed by atoms with E-state index < -0.39 is 0 Å². The van der Waals surface area contributed by atoms with E-state index in [1.54, 1.807) is 18.5 Å². The second kappa shape index (κ2) is 4.51. The Kier molecular flexibility index (Phi) is 2.74. The van der Waals surface area contributed by atoms with Gasteiger partial charge in [-0.25, -0.2) is 0 Å². The molecule has 0 saturated heterocycles. The van der Waals surface area contributed by atoms with Gasteiger partial charge in [-0.1, -0.05) is 29.3 Å². The van der Waals surface area contributed by atoms with Crippen molar-refractivity contribution in [2.75, 3.05) is 5.32 Å². The fraction of sp³-hybridized carbons (Fsp3) is 0.143. The molecule has 5 nitrogen and oxygen atoms in total. The molecule has 0 aliphatic carbocycles. The van der Waals surface area contributed by atoms with Crippen molar-refractivity contribution in [3.05, 3.63) is 34.6 Å². The van der Waals surface area contributed by atoms with E-state index >= 15 is 0 Å². The lowest BCUT2D eigenvalue weighted by Crippen LogP contribution is -2.23. The molecule has 7 heteroatoms. The van der Waals surface area contributed by atoms with Crippen molar-refractivity contribution < 1.29 is 4.79 Å². The highest BCUT2D eigenvalue weighted by Gasteiger charge is 2.26. The molecule has 3 heterocycles. The van der Waals surface area contributed by atoms with Gasteiger partial charge in [-0.15, -0.1) is 0 Å². The van der Waals surface area contributed by atoms with E-state index in [9.17, 15) is 4.79 Å². The molecule has 0 saturated carbocycles. The highest BCUT2D eigenvalue weighted by Crippen LogP contribution is 2.44. The van der Waals surface area contributed by atoms with Crippen LogP contribution >= 0.6 is 23.2 Å². The van der Waals surface area contributed by atoms with Gasteiger partial charge in [-0.05, 0) is 6.07 Å². The van der Waals surface area contributed by atoms with Gasteiger partial charge in [-0.2, -0.15) is 5.10 Å². The molecule has 0 spiro atoms. The van der Waals surface area contributed by atoms with Crippen LogP contribution in [0.2, 0.25) is 10.0 Å². The molecule has 0 fully saturated rings.